The lowest BCUT2D eigenvalue weighted by Crippen LogP contribution is -1.97. The summed E-state index contributed by atoms with van der Waals surface area (Å²) in [6.45, 7) is 0. The molecule has 166 valence electrons. The van der Waals surface area contributed by atoms with Crippen molar-refractivity contribution in [3.8, 4) is 0 Å². The lowest BCUT2D eigenvalue weighted by molar-refractivity contribution is 0.0425. The van der Waals surface area contributed by atoms with Crippen LogP contribution < -0.4 is 0 Å². The van der Waals surface area contributed by atoms with Crippen molar-refractivity contribution in [1.82, 2.24) is 0 Å². The average Bonchev–Trinajstić information content (AvgIpc) is 3.23. The number of fused-ring (bicyclic) bond motifs is 2. The Balaban J connectivity index is 1.06. The molecule has 2 heterocycles. The van der Waals surface area contributed by atoms with Gasteiger partial charge < -0.3 is 9.47 Å². The molecule has 0 amide bonds. The lowest BCUT2D eigenvalue weighted by atomic mass is 9.99. The summed E-state index contributed by atoms with van der Waals surface area (Å²) in [5.74, 6) is -2.18. The highest BCUT2D eigenvalue weighted by molar-refractivity contribution is 6.15. The molecule has 2 aromatic carbocycles. The monoisotopic (exact) mass is 434 g/mol. The third-order valence-corrected chi connectivity index (χ3v) is 6.10. The van der Waals surface area contributed by atoms with Crippen molar-refractivity contribution in [3.05, 3.63) is 69.8 Å². The molecular formula is C26H26O6. The Kier molecular flexibility index (Phi) is 6.78. The normalized spacial score (nSPS) is 14.4. The molecule has 0 aromatic heterocycles. The number of hydrogen-bond donors (Lipinski definition) is 0. The van der Waals surface area contributed by atoms with Gasteiger partial charge in [-0.15, -0.1) is 0 Å². The molecule has 0 N–H and O–H groups in total. The standard InChI is InChI=1S/C26H26O6/c27-23-19-13-11-17(15-21(19)25(29)31-23)9-7-5-3-1-2-4-6-8-10-18-12-14-20-22(16-18)26(30)32-24(20)28/h11-16H,1-10H2. The van der Waals surface area contributed by atoms with Crippen molar-refractivity contribution in [2.75, 3.05) is 0 Å². The van der Waals surface area contributed by atoms with Gasteiger partial charge in [-0.05, 0) is 61.1 Å². The fourth-order valence-corrected chi connectivity index (χ4v) is 4.29. The fraction of sp³-hybridized carbons (Fsp3) is 0.385. The van der Waals surface area contributed by atoms with E-state index in [0.29, 0.717) is 22.3 Å². The van der Waals surface area contributed by atoms with Crippen molar-refractivity contribution in [2.24, 2.45) is 0 Å². The number of benzene rings is 2. The van der Waals surface area contributed by atoms with Crippen LogP contribution in [0.4, 0.5) is 0 Å². The maximum atomic E-state index is 11.6. The van der Waals surface area contributed by atoms with Gasteiger partial charge in [-0.2, -0.15) is 0 Å². The van der Waals surface area contributed by atoms with Gasteiger partial charge in [-0.1, -0.05) is 50.7 Å². The number of carbonyl (C=O) groups excluding carboxylic acids is 4. The molecule has 4 rings (SSSR count). The van der Waals surface area contributed by atoms with Crippen LogP contribution in [0.25, 0.3) is 0 Å². The smallest absolute Gasteiger partial charge is 0.346 e. The Morgan fingerprint density at radius 1 is 0.438 bits per heavy atom. The fourth-order valence-electron chi connectivity index (χ4n) is 4.29. The molecule has 0 unspecified atom stereocenters. The van der Waals surface area contributed by atoms with Crippen LogP contribution in [0.3, 0.4) is 0 Å². The summed E-state index contributed by atoms with van der Waals surface area (Å²) in [4.78, 5) is 46.2. The van der Waals surface area contributed by atoms with Crippen LogP contribution in [-0.4, -0.2) is 23.9 Å². The van der Waals surface area contributed by atoms with Gasteiger partial charge in [-0.25, -0.2) is 19.2 Å². The molecule has 32 heavy (non-hydrogen) atoms. The summed E-state index contributed by atoms with van der Waals surface area (Å²) < 4.78 is 9.25. The molecule has 0 bridgehead atoms. The van der Waals surface area contributed by atoms with Gasteiger partial charge >= 0.3 is 23.9 Å². The molecule has 6 heteroatoms. The van der Waals surface area contributed by atoms with E-state index in [9.17, 15) is 19.2 Å². The molecular weight excluding hydrogens is 408 g/mol. The van der Waals surface area contributed by atoms with Crippen molar-refractivity contribution < 1.29 is 28.7 Å². The van der Waals surface area contributed by atoms with Gasteiger partial charge in [0.2, 0.25) is 0 Å². The first-order valence-electron chi connectivity index (χ1n) is 11.3. The average molecular weight is 434 g/mol. The van der Waals surface area contributed by atoms with E-state index in [1.54, 1.807) is 24.3 Å². The number of unbranched alkanes of at least 4 members (excludes halogenated alkanes) is 7. The summed E-state index contributed by atoms with van der Waals surface area (Å²) in [5.41, 5.74) is 3.65. The highest BCUT2D eigenvalue weighted by Gasteiger charge is 2.30. The number of hydrogen-bond acceptors (Lipinski definition) is 6. The minimum atomic E-state index is -0.551. The van der Waals surface area contributed by atoms with E-state index in [-0.39, 0.29) is 0 Å². The first kappa shape index (κ1) is 21.9. The Morgan fingerprint density at radius 3 is 1.19 bits per heavy atom. The van der Waals surface area contributed by atoms with Crippen LogP contribution >= 0.6 is 0 Å². The molecule has 0 radical (unpaired) electrons. The van der Waals surface area contributed by atoms with Crippen molar-refractivity contribution >= 4 is 23.9 Å². The number of esters is 4. The summed E-state index contributed by atoms with van der Waals surface area (Å²) in [5, 5.41) is 0. The minimum absolute atomic E-state index is 0.368. The Hall–Kier alpha value is -3.28. The zero-order valence-corrected chi connectivity index (χ0v) is 18.0. The van der Waals surface area contributed by atoms with Gasteiger partial charge in [0.05, 0.1) is 22.3 Å². The predicted octanol–water partition coefficient (Wildman–Crippen LogP) is 5.21. The SMILES string of the molecule is O=C1OC(=O)c2cc(CCCCCCCCCCc3ccc4c(c3)C(=O)OC4=O)ccc21. The van der Waals surface area contributed by atoms with E-state index >= 15 is 0 Å². The Labute approximate surface area is 186 Å². The first-order valence-corrected chi connectivity index (χ1v) is 11.3. The Morgan fingerprint density at radius 2 is 0.781 bits per heavy atom. The van der Waals surface area contributed by atoms with E-state index in [2.05, 4.69) is 9.47 Å². The van der Waals surface area contributed by atoms with E-state index in [1.807, 2.05) is 12.1 Å². The molecule has 0 aliphatic carbocycles. The highest BCUT2D eigenvalue weighted by atomic mass is 16.6. The second-order valence-electron chi connectivity index (χ2n) is 8.44. The second kappa shape index (κ2) is 9.90. The molecule has 0 saturated heterocycles. The minimum Gasteiger partial charge on any atom is -0.386 e. The molecule has 0 spiro atoms. The second-order valence-corrected chi connectivity index (χ2v) is 8.44. The molecule has 6 nitrogen and oxygen atoms in total. The quantitative estimate of drug-likeness (QED) is 0.274. The van der Waals surface area contributed by atoms with Gasteiger partial charge in [0, 0.05) is 0 Å². The van der Waals surface area contributed by atoms with Crippen LogP contribution in [0.15, 0.2) is 36.4 Å². The van der Waals surface area contributed by atoms with Crippen LogP contribution in [0.1, 0.15) is 104 Å². The molecule has 0 fully saturated rings. The molecule has 0 saturated carbocycles. The molecule has 2 aromatic rings. The van der Waals surface area contributed by atoms with E-state index < -0.39 is 23.9 Å². The zero-order chi connectivity index (χ0) is 22.5. The maximum absolute atomic E-state index is 11.6. The van der Waals surface area contributed by atoms with Crippen LogP contribution in [0, 0.1) is 0 Å². The van der Waals surface area contributed by atoms with E-state index in [4.69, 9.17) is 0 Å². The summed E-state index contributed by atoms with van der Waals surface area (Å²) >= 11 is 0. The topological polar surface area (TPSA) is 86.7 Å². The van der Waals surface area contributed by atoms with E-state index in [0.717, 1.165) is 49.7 Å². The summed E-state index contributed by atoms with van der Waals surface area (Å²) in [7, 11) is 0. The largest absolute Gasteiger partial charge is 0.386 e. The molecule has 2 aliphatic rings. The van der Waals surface area contributed by atoms with Gasteiger partial charge in [-0.3, -0.25) is 0 Å². The van der Waals surface area contributed by atoms with Crippen LogP contribution in [0.5, 0.6) is 0 Å². The van der Waals surface area contributed by atoms with Gasteiger partial charge in [0.25, 0.3) is 0 Å². The summed E-state index contributed by atoms with van der Waals surface area (Å²) in [6, 6.07) is 10.7. The van der Waals surface area contributed by atoms with Crippen LogP contribution in [0.2, 0.25) is 0 Å². The maximum Gasteiger partial charge on any atom is 0.346 e. The van der Waals surface area contributed by atoms with Crippen molar-refractivity contribution in [2.45, 2.75) is 64.2 Å². The third-order valence-electron chi connectivity index (χ3n) is 6.10. The summed E-state index contributed by atoms with van der Waals surface area (Å²) in [6.07, 6.45) is 11.0. The lowest BCUT2D eigenvalue weighted by Gasteiger charge is -2.05. The predicted molar refractivity (Wildman–Crippen MR) is 117 cm³/mol. The molecule has 0 atom stereocenters. The van der Waals surface area contributed by atoms with Gasteiger partial charge in [0.15, 0.2) is 0 Å². The van der Waals surface area contributed by atoms with Crippen molar-refractivity contribution in [1.29, 1.82) is 0 Å². The molecule has 2 aliphatic heterocycles. The zero-order valence-electron chi connectivity index (χ0n) is 18.0. The van der Waals surface area contributed by atoms with Gasteiger partial charge in [0.1, 0.15) is 0 Å². The first-order chi connectivity index (χ1) is 15.5. The number of aryl methyl sites for hydroxylation is 2. The number of ether oxygens (including phenoxy) is 2. The van der Waals surface area contributed by atoms with Crippen molar-refractivity contribution in [3.63, 3.8) is 0 Å². The van der Waals surface area contributed by atoms with Crippen LogP contribution in [-0.2, 0) is 22.3 Å². The Bertz CT molecular complexity index is 982. The number of rotatable bonds is 11. The number of carbonyl (C=O) groups is 4. The number of cyclic esters (lactones) is 4. The highest BCUT2D eigenvalue weighted by Crippen LogP contribution is 2.23. The van der Waals surface area contributed by atoms with E-state index in [1.165, 1.54) is 25.7 Å². The third kappa shape index (κ3) is 4.96.